The van der Waals surface area contributed by atoms with Gasteiger partial charge in [0.2, 0.25) is 0 Å². The lowest BCUT2D eigenvalue weighted by molar-refractivity contribution is 0.694. The van der Waals surface area contributed by atoms with E-state index in [1.54, 1.807) is 0 Å². The Morgan fingerprint density at radius 1 is 1.24 bits per heavy atom. The number of anilines is 3. The van der Waals surface area contributed by atoms with Crippen LogP contribution in [-0.2, 0) is 6.54 Å². The van der Waals surface area contributed by atoms with Gasteiger partial charge in [-0.25, -0.2) is 4.98 Å². The number of fused-ring (bicyclic) bond motifs is 1. The van der Waals surface area contributed by atoms with E-state index < -0.39 is 0 Å². The van der Waals surface area contributed by atoms with Gasteiger partial charge >= 0.3 is 0 Å². The Morgan fingerprint density at radius 3 is 2.86 bits per heavy atom. The van der Waals surface area contributed by atoms with Crippen LogP contribution >= 0.6 is 11.3 Å². The maximum absolute atomic E-state index is 4.65. The number of hydrogen-bond acceptors (Lipinski definition) is 5. The number of hydrogen-bond donors (Lipinski definition) is 1. The van der Waals surface area contributed by atoms with Gasteiger partial charge in [0.25, 0.3) is 0 Å². The molecule has 2 aromatic rings. The molecule has 1 aromatic heterocycles. The van der Waals surface area contributed by atoms with Gasteiger partial charge < -0.3 is 15.1 Å². The van der Waals surface area contributed by atoms with Crippen LogP contribution in [0.25, 0.3) is 0 Å². The van der Waals surface area contributed by atoms with E-state index in [2.05, 4.69) is 51.4 Å². The number of benzene rings is 1. The van der Waals surface area contributed by atoms with Crippen LogP contribution in [0, 0.1) is 0 Å². The van der Waals surface area contributed by atoms with Crippen molar-refractivity contribution in [3.8, 4) is 0 Å². The van der Waals surface area contributed by atoms with E-state index in [0.717, 1.165) is 30.8 Å². The third kappa shape index (κ3) is 2.63. The van der Waals surface area contributed by atoms with Gasteiger partial charge in [0.15, 0.2) is 5.13 Å². The summed E-state index contributed by atoms with van der Waals surface area (Å²) in [5.41, 5.74) is 2.55. The average molecular weight is 300 g/mol. The van der Waals surface area contributed by atoms with Crippen molar-refractivity contribution in [3.05, 3.63) is 35.3 Å². The second-order valence-corrected chi connectivity index (χ2v) is 6.92. The molecule has 4 rings (SSSR count). The summed E-state index contributed by atoms with van der Waals surface area (Å²) in [4.78, 5) is 10.6. The van der Waals surface area contributed by atoms with Crippen LogP contribution < -0.4 is 15.1 Å². The average Bonchev–Trinajstić information content (AvgIpc) is 3.23. The Kier molecular flexibility index (Phi) is 3.31. The number of rotatable bonds is 4. The lowest BCUT2D eigenvalue weighted by atomic mass is 10.2. The first-order valence-electron chi connectivity index (χ1n) is 7.57. The normalized spacial score (nSPS) is 18.0. The SMILES string of the molecule is CN1CCN(c2ncc(CNC3CC3)s2)c2ccccc21. The van der Waals surface area contributed by atoms with Gasteiger partial charge in [-0.2, -0.15) is 0 Å². The van der Waals surface area contributed by atoms with Crippen LogP contribution in [0.1, 0.15) is 17.7 Å². The van der Waals surface area contributed by atoms with Crippen molar-refractivity contribution in [1.82, 2.24) is 10.3 Å². The highest BCUT2D eigenvalue weighted by Gasteiger charge is 2.24. The van der Waals surface area contributed by atoms with E-state index in [4.69, 9.17) is 0 Å². The molecular formula is C16H20N4S. The van der Waals surface area contributed by atoms with Crippen molar-refractivity contribution in [1.29, 1.82) is 0 Å². The van der Waals surface area contributed by atoms with Gasteiger partial charge in [0.1, 0.15) is 0 Å². The van der Waals surface area contributed by atoms with E-state index in [0.29, 0.717) is 0 Å². The second kappa shape index (κ2) is 5.31. The molecular weight excluding hydrogens is 280 g/mol. The molecule has 2 aliphatic rings. The molecule has 1 aromatic carbocycles. The summed E-state index contributed by atoms with van der Waals surface area (Å²) in [6.07, 6.45) is 4.69. The van der Waals surface area contributed by atoms with E-state index in [-0.39, 0.29) is 0 Å². The van der Waals surface area contributed by atoms with Crippen LogP contribution in [0.3, 0.4) is 0 Å². The summed E-state index contributed by atoms with van der Waals surface area (Å²) in [5.74, 6) is 0. The highest BCUT2D eigenvalue weighted by atomic mass is 32.1. The number of likely N-dealkylation sites (N-methyl/N-ethyl adjacent to an activating group) is 1. The van der Waals surface area contributed by atoms with E-state index in [9.17, 15) is 0 Å². The maximum atomic E-state index is 4.65. The standard InChI is InChI=1S/C16H20N4S/c1-19-8-9-20(15-5-3-2-4-14(15)19)16-18-11-13(21-16)10-17-12-6-7-12/h2-5,11-12,17H,6-10H2,1H3. The Hall–Kier alpha value is -1.59. The van der Waals surface area contributed by atoms with Crippen molar-refractivity contribution >= 4 is 27.8 Å². The molecule has 0 amide bonds. The molecule has 21 heavy (non-hydrogen) atoms. The highest BCUT2D eigenvalue weighted by molar-refractivity contribution is 7.15. The first-order chi connectivity index (χ1) is 10.3. The van der Waals surface area contributed by atoms with Crippen LogP contribution in [0.2, 0.25) is 0 Å². The largest absolute Gasteiger partial charge is 0.371 e. The number of aromatic nitrogens is 1. The molecule has 0 unspecified atom stereocenters. The van der Waals surface area contributed by atoms with Gasteiger partial charge in [0, 0.05) is 43.8 Å². The zero-order valence-electron chi connectivity index (χ0n) is 12.2. The van der Waals surface area contributed by atoms with Crippen molar-refractivity contribution in [2.45, 2.75) is 25.4 Å². The number of nitrogens with one attached hydrogen (secondary N) is 1. The Balaban J connectivity index is 1.57. The molecule has 110 valence electrons. The number of nitrogens with zero attached hydrogens (tertiary/aromatic N) is 3. The number of thiazole rings is 1. The van der Waals surface area contributed by atoms with Crippen LogP contribution in [0.5, 0.6) is 0 Å². The zero-order valence-corrected chi connectivity index (χ0v) is 13.1. The van der Waals surface area contributed by atoms with Gasteiger partial charge in [-0.1, -0.05) is 12.1 Å². The molecule has 4 nitrogen and oxygen atoms in total. The first kappa shape index (κ1) is 13.1. The molecule has 0 saturated heterocycles. The molecule has 0 atom stereocenters. The molecule has 5 heteroatoms. The van der Waals surface area contributed by atoms with Crippen LogP contribution in [0.4, 0.5) is 16.5 Å². The van der Waals surface area contributed by atoms with E-state index in [1.807, 2.05) is 17.5 Å². The molecule has 1 fully saturated rings. The summed E-state index contributed by atoms with van der Waals surface area (Å²) in [7, 11) is 2.16. The zero-order chi connectivity index (χ0) is 14.2. The van der Waals surface area contributed by atoms with Gasteiger partial charge in [-0.15, -0.1) is 11.3 Å². The predicted molar refractivity (Wildman–Crippen MR) is 88.7 cm³/mol. The van der Waals surface area contributed by atoms with Crippen molar-refractivity contribution in [3.63, 3.8) is 0 Å². The maximum Gasteiger partial charge on any atom is 0.190 e. The Bertz CT molecular complexity index is 635. The van der Waals surface area contributed by atoms with Crippen LogP contribution in [0.15, 0.2) is 30.5 Å². The molecule has 0 radical (unpaired) electrons. The molecule has 1 N–H and O–H groups in total. The molecule has 1 aliphatic carbocycles. The molecule has 2 heterocycles. The summed E-state index contributed by atoms with van der Waals surface area (Å²) in [5, 5.41) is 4.67. The topological polar surface area (TPSA) is 31.4 Å². The van der Waals surface area contributed by atoms with Crippen molar-refractivity contribution < 1.29 is 0 Å². The molecule has 0 bridgehead atoms. The minimum Gasteiger partial charge on any atom is -0.371 e. The lowest BCUT2D eigenvalue weighted by Gasteiger charge is -2.35. The fourth-order valence-corrected chi connectivity index (χ4v) is 3.64. The van der Waals surface area contributed by atoms with Crippen molar-refractivity contribution in [2.24, 2.45) is 0 Å². The number of para-hydroxylation sites is 2. The molecule has 1 saturated carbocycles. The smallest absolute Gasteiger partial charge is 0.190 e. The van der Waals surface area contributed by atoms with Gasteiger partial charge in [-0.3, -0.25) is 0 Å². The van der Waals surface area contributed by atoms with Crippen LogP contribution in [-0.4, -0.2) is 31.2 Å². The third-order valence-corrected chi connectivity index (χ3v) is 5.18. The minimum atomic E-state index is 0.750. The molecule has 0 spiro atoms. The van der Waals surface area contributed by atoms with Gasteiger partial charge in [0.05, 0.1) is 11.4 Å². The van der Waals surface area contributed by atoms with Crippen molar-refractivity contribution in [2.75, 3.05) is 29.9 Å². The summed E-state index contributed by atoms with van der Waals surface area (Å²) >= 11 is 1.81. The van der Waals surface area contributed by atoms with E-state index in [1.165, 1.54) is 29.1 Å². The Labute approximate surface area is 129 Å². The molecule has 1 aliphatic heterocycles. The summed E-state index contributed by atoms with van der Waals surface area (Å²) in [6, 6.07) is 9.33. The quantitative estimate of drug-likeness (QED) is 0.940. The lowest BCUT2D eigenvalue weighted by Crippen LogP contribution is -2.36. The fourth-order valence-electron chi connectivity index (χ4n) is 2.74. The summed E-state index contributed by atoms with van der Waals surface area (Å²) in [6.45, 7) is 2.99. The second-order valence-electron chi connectivity index (χ2n) is 5.83. The summed E-state index contributed by atoms with van der Waals surface area (Å²) < 4.78 is 0. The monoisotopic (exact) mass is 300 g/mol. The predicted octanol–water partition coefficient (Wildman–Crippen LogP) is 2.98. The third-order valence-electron chi connectivity index (χ3n) is 4.16. The van der Waals surface area contributed by atoms with E-state index >= 15 is 0 Å². The minimum absolute atomic E-state index is 0.750. The Morgan fingerprint density at radius 2 is 2.05 bits per heavy atom. The first-order valence-corrected chi connectivity index (χ1v) is 8.39. The fraction of sp³-hybridized carbons (Fsp3) is 0.438. The highest BCUT2D eigenvalue weighted by Crippen LogP contribution is 2.38. The van der Waals surface area contributed by atoms with Gasteiger partial charge in [-0.05, 0) is 25.0 Å².